The Balaban J connectivity index is 1.44. The van der Waals surface area contributed by atoms with Crippen molar-refractivity contribution in [3.8, 4) is 5.75 Å². The van der Waals surface area contributed by atoms with Crippen molar-refractivity contribution in [3.63, 3.8) is 0 Å². The van der Waals surface area contributed by atoms with E-state index in [9.17, 15) is 9.18 Å². The average Bonchev–Trinajstić information content (AvgIpc) is 3.37. The van der Waals surface area contributed by atoms with Crippen LogP contribution in [0.2, 0.25) is 0 Å². The molecular weight excluding hydrogens is 407 g/mol. The number of aromatic nitrogens is 6. The van der Waals surface area contributed by atoms with E-state index in [1.165, 1.54) is 28.7 Å². The van der Waals surface area contributed by atoms with E-state index in [2.05, 4.69) is 25.3 Å². The Labute approximate surface area is 176 Å². The number of nitrogen functional groups attached to an aromatic ring is 1. The number of aryl methyl sites for hydroxylation is 2. The highest BCUT2D eigenvalue weighted by atomic mass is 19.1. The van der Waals surface area contributed by atoms with Crippen molar-refractivity contribution in [2.75, 3.05) is 26.4 Å². The van der Waals surface area contributed by atoms with Crippen molar-refractivity contribution < 1.29 is 18.3 Å². The number of nitrogens with zero attached hydrogens (tertiary/aromatic N) is 7. The molecule has 1 amide bonds. The van der Waals surface area contributed by atoms with Crippen LogP contribution in [0, 0.1) is 12.7 Å². The molecule has 162 valence electrons. The molecule has 11 nitrogen and oxygen atoms in total. The lowest BCUT2D eigenvalue weighted by atomic mass is 10.2. The fourth-order valence-electron chi connectivity index (χ4n) is 3.22. The van der Waals surface area contributed by atoms with E-state index >= 15 is 0 Å². The second kappa shape index (κ2) is 8.13. The number of ether oxygens (including phenoxy) is 1. The van der Waals surface area contributed by atoms with Crippen LogP contribution in [0.15, 0.2) is 16.5 Å². The molecule has 0 aliphatic carbocycles. The van der Waals surface area contributed by atoms with Gasteiger partial charge in [-0.15, -0.1) is 15.3 Å². The second-order valence-corrected chi connectivity index (χ2v) is 7.05. The zero-order valence-corrected chi connectivity index (χ0v) is 17.3. The minimum Gasteiger partial charge on any atom is -0.494 e. The molecule has 12 heteroatoms. The SMILES string of the molecule is COc1cc2nc(N)n3nc(CCCCN(C)C(=O)c4nnc(C)o4)nc3c2cc1F. The molecule has 0 saturated carbocycles. The number of hydrogen-bond donors (Lipinski definition) is 1. The first kappa shape index (κ1) is 20.4. The number of nitrogens with two attached hydrogens (primary N) is 1. The van der Waals surface area contributed by atoms with E-state index < -0.39 is 5.82 Å². The lowest BCUT2D eigenvalue weighted by Gasteiger charge is -2.14. The third-order valence-electron chi connectivity index (χ3n) is 4.81. The summed E-state index contributed by atoms with van der Waals surface area (Å²) in [6.07, 6.45) is 2.00. The molecule has 31 heavy (non-hydrogen) atoms. The van der Waals surface area contributed by atoms with Crippen LogP contribution in [0.3, 0.4) is 0 Å². The highest BCUT2D eigenvalue weighted by Gasteiger charge is 2.18. The first-order valence-electron chi connectivity index (χ1n) is 9.61. The summed E-state index contributed by atoms with van der Waals surface area (Å²) in [6, 6.07) is 2.79. The predicted octanol–water partition coefficient (Wildman–Crippen LogP) is 1.79. The van der Waals surface area contributed by atoms with E-state index in [1.54, 1.807) is 14.0 Å². The number of methoxy groups -OCH3 is 1. The van der Waals surface area contributed by atoms with Gasteiger partial charge >= 0.3 is 11.8 Å². The third kappa shape index (κ3) is 3.96. The lowest BCUT2D eigenvalue weighted by molar-refractivity contribution is 0.0752. The fourth-order valence-corrected chi connectivity index (χ4v) is 3.22. The van der Waals surface area contributed by atoms with Gasteiger partial charge in [0.05, 0.1) is 12.6 Å². The minimum atomic E-state index is -0.517. The molecule has 1 aromatic carbocycles. The van der Waals surface area contributed by atoms with Crippen molar-refractivity contribution >= 4 is 28.4 Å². The third-order valence-corrected chi connectivity index (χ3v) is 4.81. The average molecular weight is 428 g/mol. The van der Waals surface area contributed by atoms with Gasteiger partial charge in [-0.1, -0.05) is 0 Å². The van der Waals surface area contributed by atoms with E-state index in [0.717, 1.165) is 6.42 Å². The summed E-state index contributed by atoms with van der Waals surface area (Å²) in [6.45, 7) is 2.13. The van der Waals surface area contributed by atoms with Gasteiger partial charge in [-0.2, -0.15) is 4.52 Å². The van der Waals surface area contributed by atoms with Gasteiger partial charge < -0.3 is 19.8 Å². The fraction of sp³-hybridized carbons (Fsp3) is 0.368. The number of hydrogen-bond acceptors (Lipinski definition) is 9. The summed E-state index contributed by atoms with van der Waals surface area (Å²) in [5.41, 5.74) is 6.90. The number of rotatable bonds is 7. The smallest absolute Gasteiger partial charge is 0.311 e. The molecule has 4 aromatic rings. The Morgan fingerprint density at radius 1 is 1.29 bits per heavy atom. The van der Waals surface area contributed by atoms with Crippen LogP contribution in [0.25, 0.3) is 16.6 Å². The molecule has 0 unspecified atom stereocenters. The second-order valence-electron chi connectivity index (χ2n) is 7.05. The summed E-state index contributed by atoms with van der Waals surface area (Å²) >= 11 is 0. The molecule has 0 radical (unpaired) electrons. The van der Waals surface area contributed by atoms with Gasteiger partial charge in [-0.25, -0.2) is 14.4 Å². The first-order valence-corrected chi connectivity index (χ1v) is 9.61. The van der Waals surface area contributed by atoms with Gasteiger partial charge in [-0.3, -0.25) is 4.79 Å². The molecule has 0 fully saturated rings. The van der Waals surface area contributed by atoms with Crippen molar-refractivity contribution in [2.45, 2.75) is 26.2 Å². The predicted molar refractivity (Wildman–Crippen MR) is 108 cm³/mol. The molecule has 0 spiro atoms. The van der Waals surface area contributed by atoms with E-state index in [0.29, 0.717) is 47.7 Å². The maximum atomic E-state index is 14.2. The van der Waals surface area contributed by atoms with Crippen LogP contribution in [0.5, 0.6) is 5.75 Å². The maximum absolute atomic E-state index is 14.2. The van der Waals surface area contributed by atoms with Crippen LogP contribution in [0.1, 0.15) is 35.2 Å². The number of anilines is 1. The van der Waals surface area contributed by atoms with Gasteiger partial charge in [0.2, 0.25) is 11.8 Å². The number of carbonyl (C=O) groups excluding carboxylic acids is 1. The normalized spacial score (nSPS) is 11.4. The standard InChI is InChI=1S/C19H21FN8O3/c1-10-24-25-17(31-10)18(29)27(2)7-5-4-6-15-23-16-11-8-12(20)14(30-3)9-13(11)22-19(21)28(16)26-15/h8-9H,4-7H2,1-3H3,(H2,21,22). The summed E-state index contributed by atoms with van der Waals surface area (Å²) < 4.78 is 25.7. The maximum Gasteiger partial charge on any atom is 0.311 e. The first-order chi connectivity index (χ1) is 14.9. The van der Waals surface area contributed by atoms with Crippen LogP contribution < -0.4 is 10.5 Å². The van der Waals surface area contributed by atoms with Gasteiger partial charge in [-0.05, 0) is 18.9 Å². The van der Waals surface area contributed by atoms with Crippen LogP contribution >= 0.6 is 0 Å². The largest absolute Gasteiger partial charge is 0.494 e. The molecule has 0 aliphatic rings. The monoisotopic (exact) mass is 428 g/mol. The lowest BCUT2D eigenvalue weighted by Crippen LogP contribution is -2.28. The highest BCUT2D eigenvalue weighted by Crippen LogP contribution is 2.27. The molecule has 0 saturated heterocycles. The van der Waals surface area contributed by atoms with Gasteiger partial charge in [0, 0.05) is 38.4 Å². The van der Waals surface area contributed by atoms with Crippen LogP contribution in [-0.4, -0.2) is 61.3 Å². The summed E-state index contributed by atoms with van der Waals surface area (Å²) in [5, 5.41) is 12.3. The van der Waals surface area contributed by atoms with Gasteiger partial charge in [0.1, 0.15) is 0 Å². The van der Waals surface area contributed by atoms with Crippen molar-refractivity contribution in [3.05, 3.63) is 35.6 Å². The number of amides is 1. The quantitative estimate of drug-likeness (QED) is 0.437. The summed E-state index contributed by atoms with van der Waals surface area (Å²) in [7, 11) is 3.06. The topological polar surface area (TPSA) is 138 Å². The van der Waals surface area contributed by atoms with E-state index in [1.807, 2.05) is 0 Å². The number of halogens is 1. The van der Waals surface area contributed by atoms with Crippen molar-refractivity contribution in [1.82, 2.24) is 34.7 Å². The van der Waals surface area contributed by atoms with Crippen molar-refractivity contribution in [2.24, 2.45) is 0 Å². The number of fused-ring (bicyclic) bond motifs is 3. The Morgan fingerprint density at radius 3 is 2.81 bits per heavy atom. The van der Waals surface area contributed by atoms with Crippen LogP contribution in [0.4, 0.5) is 10.3 Å². The molecule has 0 atom stereocenters. The highest BCUT2D eigenvalue weighted by molar-refractivity contribution is 5.93. The number of benzene rings is 1. The minimum absolute atomic E-state index is 0.0271. The van der Waals surface area contributed by atoms with Crippen LogP contribution in [-0.2, 0) is 6.42 Å². The molecule has 4 rings (SSSR count). The molecule has 2 N–H and O–H groups in total. The molecule has 0 bridgehead atoms. The molecule has 3 heterocycles. The van der Waals surface area contributed by atoms with E-state index in [-0.39, 0.29) is 23.5 Å². The Kier molecular flexibility index (Phi) is 5.36. The van der Waals surface area contributed by atoms with Gasteiger partial charge in [0.15, 0.2) is 23.0 Å². The molecular formula is C19H21FN8O3. The summed E-state index contributed by atoms with van der Waals surface area (Å²) in [4.78, 5) is 22.5. The summed E-state index contributed by atoms with van der Waals surface area (Å²) in [5.74, 6) is 0.257. The zero-order valence-electron chi connectivity index (χ0n) is 17.3. The Hall–Kier alpha value is -3.83. The Bertz CT molecular complexity index is 1270. The van der Waals surface area contributed by atoms with Gasteiger partial charge in [0.25, 0.3) is 0 Å². The van der Waals surface area contributed by atoms with Crippen molar-refractivity contribution in [1.29, 1.82) is 0 Å². The zero-order chi connectivity index (χ0) is 22.1. The number of unbranched alkanes of at least 4 members (excludes halogenated alkanes) is 1. The number of carbonyl (C=O) groups is 1. The molecule has 3 aromatic heterocycles. The Morgan fingerprint density at radius 2 is 2.10 bits per heavy atom. The van der Waals surface area contributed by atoms with E-state index in [4.69, 9.17) is 14.9 Å². The molecule has 0 aliphatic heterocycles.